The number of nitrogens with zero attached hydrogens (tertiary/aromatic N) is 4. The van der Waals surface area contributed by atoms with Gasteiger partial charge in [0.1, 0.15) is 5.75 Å². The molecule has 0 aliphatic carbocycles. The number of unbranched alkanes of at least 4 members (excludes halogenated alkanes) is 4. The molecule has 0 bridgehead atoms. The van der Waals surface area contributed by atoms with E-state index in [9.17, 15) is 22.8 Å². The molecule has 2 aromatic carbocycles. The van der Waals surface area contributed by atoms with Crippen molar-refractivity contribution in [3.63, 3.8) is 0 Å². The van der Waals surface area contributed by atoms with Gasteiger partial charge in [0.15, 0.2) is 0 Å². The van der Waals surface area contributed by atoms with Crippen LogP contribution in [0.2, 0.25) is 0 Å². The fourth-order valence-corrected chi connectivity index (χ4v) is 7.95. The van der Waals surface area contributed by atoms with Gasteiger partial charge in [0.05, 0.1) is 24.9 Å². The monoisotopic (exact) mass is 708 g/mol. The van der Waals surface area contributed by atoms with Gasteiger partial charge in [-0.05, 0) is 74.1 Å². The van der Waals surface area contributed by atoms with Crippen LogP contribution in [0, 0.1) is 0 Å². The number of nitrogens with one attached hydrogen (secondary N) is 2. The van der Waals surface area contributed by atoms with Crippen molar-refractivity contribution in [2.24, 2.45) is 0 Å². The van der Waals surface area contributed by atoms with Gasteiger partial charge in [-0.1, -0.05) is 38.7 Å². The summed E-state index contributed by atoms with van der Waals surface area (Å²) in [6.07, 6.45) is 7.75. The summed E-state index contributed by atoms with van der Waals surface area (Å²) in [5, 5.41) is 4.31. The second-order valence-corrected chi connectivity index (χ2v) is 15.5. The number of likely N-dealkylation sites (N-methyl/N-ethyl adjacent to an activating group) is 1. The molecule has 4 amide bonds. The summed E-state index contributed by atoms with van der Waals surface area (Å²) in [4.78, 5) is 42.9. The number of hydrogen-bond donors (Lipinski definition) is 2. The zero-order valence-electron chi connectivity index (χ0n) is 30.3. The maximum atomic E-state index is 13.8. The van der Waals surface area contributed by atoms with Gasteiger partial charge in [-0.2, -0.15) is 12.7 Å². The Labute approximate surface area is 296 Å². The van der Waals surface area contributed by atoms with E-state index in [0.717, 1.165) is 76.3 Å². The number of aromatic nitrogens is 1. The summed E-state index contributed by atoms with van der Waals surface area (Å²) >= 11 is 0. The standard InChI is InChI=1S/C37H52N6O6S/c1-7-9-10-11-12-13-33-32-16-14-26(36(45)39-50(47,48)40(4)5)22-34(32)43-23-28(20-27-21-30(49-6)15-17-31(27)35(33)43)38-37(46)41-19-18-29(24-41)42(8-2)25(3)44/h14-17,21-22,28-29H,7-13,18-20,23-24H2,1-6H3,(H,38,46)(H,39,45). The zero-order chi connectivity index (χ0) is 36.2. The summed E-state index contributed by atoms with van der Waals surface area (Å²) < 4.78 is 36.0. The van der Waals surface area contributed by atoms with Gasteiger partial charge in [-0.3, -0.25) is 9.59 Å². The van der Waals surface area contributed by atoms with E-state index in [1.54, 1.807) is 31.1 Å². The van der Waals surface area contributed by atoms with Crippen LogP contribution in [0.1, 0.15) is 80.8 Å². The number of urea groups is 1. The highest BCUT2D eigenvalue weighted by atomic mass is 32.2. The number of rotatable bonds is 13. The van der Waals surface area contributed by atoms with Crippen molar-refractivity contribution in [3.05, 3.63) is 53.1 Å². The lowest BCUT2D eigenvalue weighted by atomic mass is 9.94. The Morgan fingerprint density at radius 3 is 2.44 bits per heavy atom. The van der Waals surface area contributed by atoms with Gasteiger partial charge >= 0.3 is 16.2 Å². The van der Waals surface area contributed by atoms with Crippen molar-refractivity contribution < 1.29 is 27.5 Å². The molecule has 1 saturated heterocycles. The number of carbonyl (C=O) groups is 3. The second kappa shape index (κ2) is 15.8. The molecule has 2 unspecified atom stereocenters. The van der Waals surface area contributed by atoms with E-state index in [-0.39, 0.29) is 29.6 Å². The second-order valence-electron chi connectivity index (χ2n) is 13.6. The van der Waals surface area contributed by atoms with Gasteiger partial charge in [0.25, 0.3) is 5.91 Å². The van der Waals surface area contributed by atoms with Crippen LogP contribution in [-0.4, -0.2) is 97.9 Å². The van der Waals surface area contributed by atoms with Crippen molar-refractivity contribution in [1.82, 2.24) is 28.7 Å². The first-order valence-corrected chi connectivity index (χ1v) is 19.2. The topological polar surface area (TPSA) is 133 Å². The van der Waals surface area contributed by atoms with E-state index in [1.807, 2.05) is 30.0 Å². The average Bonchev–Trinajstić information content (AvgIpc) is 3.63. The summed E-state index contributed by atoms with van der Waals surface area (Å²) in [5.74, 6) is 0.0256. The number of hydrogen-bond acceptors (Lipinski definition) is 6. The van der Waals surface area contributed by atoms with E-state index >= 15 is 0 Å². The van der Waals surface area contributed by atoms with Crippen molar-refractivity contribution in [1.29, 1.82) is 0 Å². The summed E-state index contributed by atoms with van der Waals surface area (Å²) in [5.41, 5.74) is 5.35. The number of amides is 4. The third-order valence-electron chi connectivity index (χ3n) is 10.1. The fraction of sp³-hybridized carbons (Fsp3) is 0.541. The van der Waals surface area contributed by atoms with Crippen LogP contribution in [-0.2, 0) is 34.4 Å². The molecule has 5 rings (SSSR count). The van der Waals surface area contributed by atoms with Crippen LogP contribution in [0.25, 0.3) is 22.2 Å². The number of likely N-dealkylation sites (tertiary alicyclic amines) is 1. The van der Waals surface area contributed by atoms with Gasteiger partial charge in [0.2, 0.25) is 5.91 Å². The normalized spacial score (nSPS) is 17.3. The molecule has 0 radical (unpaired) electrons. The molecule has 2 atom stereocenters. The molecule has 272 valence electrons. The number of fused-ring (bicyclic) bond motifs is 5. The molecule has 2 N–H and O–H groups in total. The number of ether oxygens (including phenoxy) is 1. The molecule has 0 saturated carbocycles. The highest BCUT2D eigenvalue weighted by molar-refractivity contribution is 7.87. The first-order valence-electron chi connectivity index (χ1n) is 17.8. The minimum Gasteiger partial charge on any atom is -0.497 e. The van der Waals surface area contributed by atoms with Crippen LogP contribution in [0.5, 0.6) is 5.75 Å². The maximum absolute atomic E-state index is 13.8. The number of aryl methyl sites for hydroxylation is 1. The SMILES string of the molecule is CCCCCCCc1c2n(c3cc(C(=O)NS(=O)(=O)N(C)C)ccc13)CC(NC(=O)N1CCC(N(CC)C(C)=O)C1)Cc1cc(OC)ccc1-2. The summed E-state index contributed by atoms with van der Waals surface area (Å²) in [7, 11) is 0.386. The van der Waals surface area contributed by atoms with Crippen LogP contribution in [0.3, 0.4) is 0 Å². The van der Waals surface area contributed by atoms with Crippen molar-refractivity contribution >= 4 is 39.0 Å². The van der Waals surface area contributed by atoms with Crippen LogP contribution < -0.4 is 14.8 Å². The number of carbonyl (C=O) groups excluding carboxylic acids is 3. The Kier molecular flexibility index (Phi) is 11.8. The lowest BCUT2D eigenvalue weighted by Crippen LogP contribution is -2.47. The lowest BCUT2D eigenvalue weighted by Gasteiger charge is -2.27. The lowest BCUT2D eigenvalue weighted by molar-refractivity contribution is -0.130. The fourth-order valence-electron chi connectivity index (χ4n) is 7.41. The van der Waals surface area contributed by atoms with E-state index in [2.05, 4.69) is 27.6 Å². The molecule has 0 spiro atoms. The highest BCUT2D eigenvalue weighted by Gasteiger charge is 2.34. The average molecular weight is 709 g/mol. The van der Waals surface area contributed by atoms with Crippen LogP contribution in [0.4, 0.5) is 4.79 Å². The predicted octanol–water partition coefficient (Wildman–Crippen LogP) is 4.94. The Morgan fingerprint density at radius 2 is 1.76 bits per heavy atom. The molecular weight excluding hydrogens is 657 g/mol. The Bertz CT molecular complexity index is 1840. The quantitative estimate of drug-likeness (QED) is 0.242. The summed E-state index contributed by atoms with van der Waals surface area (Å²) in [6, 6.07) is 10.9. The molecule has 1 fully saturated rings. The van der Waals surface area contributed by atoms with Gasteiger partial charge in [0, 0.05) is 69.2 Å². The van der Waals surface area contributed by atoms with Crippen molar-refractivity contribution in [2.45, 2.75) is 90.8 Å². The third kappa shape index (κ3) is 7.94. The summed E-state index contributed by atoms with van der Waals surface area (Å²) in [6.45, 7) is 7.80. The van der Waals surface area contributed by atoms with E-state index in [1.165, 1.54) is 26.1 Å². The minimum absolute atomic E-state index is 0.00892. The number of methoxy groups -OCH3 is 1. The minimum atomic E-state index is -3.99. The van der Waals surface area contributed by atoms with E-state index in [0.29, 0.717) is 32.6 Å². The van der Waals surface area contributed by atoms with Crippen LogP contribution >= 0.6 is 0 Å². The van der Waals surface area contributed by atoms with Gasteiger partial charge in [-0.25, -0.2) is 9.52 Å². The van der Waals surface area contributed by atoms with E-state index in [4.69, 9.17) is 4.74 Å². The van der Waals surface area contributed by atoms with Gasteiger partial charge in [-0.15, -0.1) is 0 Å². The zero-order valence-corrected chi connectivity index (χ0v) is 31.1. The molecule has 2 aliphatic rings. The first kappa shape index (κ1) is 37.2. The molecule has 1 aromatic heterocycles. The Balaban J connectivity index is 1.56. The largest absolute Gasteiger partial charge is 0.497 e. The third-order valence-corrected chi connectivity index (χ3v) is 11.5. The molecule has 50 heavy (non-hydrogen) atoms. The molecular formula is C37H52N6O6S. The highest BCUT2D eigenvalue weighted by Crippen LogP contribution is 2.41. The van der Waals surface area contributed by atoms with Gasteiger partial charge < -0.3 is 24.4 Å². The smallest absolute Gasteiger partial charge is 0.317 e. The molecule has 13 heteroatoms. The molecule has 3 heterocycles. The first-order chi connectivity index (χ1) is 23.9. The van der Waals surface area contributed by atoms with Crippen LogP contribution in [0.15, 0.2) is 36.4 Å². The number of benzene rings is 2. The Morgan fingerprint density at radius 1 is 1.00 bits per heavy atom. The predicted molar refractivity (Wildman–Crippen MR) is 196 cm³/mol. The maximum Gasteiger partial charge on any atom is 0.317 e. The van der Waals surface area contributed by atoms with E-state index < -0.39 is 16.1 Å². The van der Waals surface area contributed by atoms with Crippen molar-refractivity contribution in [2.75, 3.05) is 40.8 Å². The molecule has 12 nitrogen and oxygen atoms in total. The van der Waals surface area contributed by atoms with Crippen molar-refractivity contribution in [3.8, 4) is 17.0 Å². The molecule has 2 aliphatic heterocycles. The molecule has 3 aromatic rings. The Hall–Kier alpha value is -4.10.